The second-order valence-corrected chi connectivity index (χ2v) is 8.35. The molecule has 4 aliphatic rings. The topological polar surface area (TPSA) is 36.9 Å². The maximum absolute atomic E-state index is 7.24. The van der Waals surface area contributed by atoms with E-state index in [4.69, 9.17) is 53.8 Å². The highest BCUT2D eigenvalue weighted by atomic mass is 35.5. The van der Waals surface area contributed by atoms with Gasteiger partial charge in [0.1, 0.15) is 10.3 Å². The molecule has 22 heavy (non-hydrogen) atoms. The van der Waals surface area contributed by atoms with Crippen molar-refractivity contribution in [2.45, 2.75) is 59.0 Å². The summed E-state index contributed by atoms with van der Waals surface area (Å²) in [5, 5.41) is -0.650. The van der Waals surface area contributed by atoms with Crippen LogP contribution < -0.4 is 0 Å². The summed E-state index contributed by atoms with van der Waals surface area (Å²) in [4.78, 5) is -2.03. The molecule has 0 N–H and O–H groups in total. The summed E-state index contributed by atoms with van der Waals surface area (Å²) in [6, 6.07) is 0. The predicted octanol–water partition coefficient (Wildman–Crippen LogP) is 3.11. The van der Waals surface area contributed by atoms with Gasteiger partial charge in [0.25, 0.3) is 0 Å². The highest BCUT2D eigenvalue weighted by molar-refractivity contribution is 6.39. The Morgan fingerprint density at radius 1 is 1.18 bits per heavy atom. The molecule has 0 spiro atoms. The lowest BCUT2D eigenvalue weighted by Crippen LogP contribution is -2.61. The fourth-order valence-corrected chi connectivity index (χ4v) is 8.00. The monoisotopic (exact) mass is 370 g/mol. The molecule has 0 aromatic heterocycles. The van der Waals surface area contributed by atoms with Gasteiger partial charge in [-0.3, -0.25) is 0 Å². The maximum atomic E-state index is 7.24. The van der Waals surface area contributed by atoms with Crippen molar-refractivity contribution in [1.29, 1.82) is 0 Å². The van der Waals surface area contributed by atoms with Crippen LogP contribution in [0.15, 0.2) is 0 Å². The summed E-state index contributed by atoms with van der Waals surface area (Å²) in [6.07, 6.45) is 2.90. The number of ether oxygens (including phenoxy) is 4. The molecule has 1 saturated heterocycles. The minimum atomic E-state index is -1.24. The fraction of sp³-hybridized carbons (Fsp3) is 1.00. The highest BCUT2D eigenvalue weighted by Crippen LogP contribution is 2.81. The van der Waals surface area contributed by atoms with Gasteiger partial charge in [0.15, 0.2) is 4.87 Å². The van der Waals surface area contributed by atoms with E-state index in [-0.39, 0.29) is 17.9 Å². The predicted molar refractivity (Wildman–Crippen MR) is 83.6 cm³/mol. The molecule has 0 radical (unpaired) electrons. The molecule has 3 aliphatic carbocycles. The Bertz CT molecular complexity index is 501. The Morgan fingerprint density at radius 3 is 2.45 bits per heavy atom. The number of rotatable bonds is 4. The number of fused-ring (bicyclic) bond motifs is 2. The molecule has 0 aromatic rings. The van der Waals surface area contributed by atoms with Crippen LogP contribution >= 0.6 is 34.8 Å². The fourth-order valence-electron chi connectivity index (χ4n) is 5.80. The third-order valence-electron chi connectivity index (χ3n) is 6.29. The Hall–Kier alpha value is 0.710. The van der Waals surface area contributed by atoms with Gasteiger partial charge in [-0.05, 0) is 25.7 Å². The van der Waals surface area contributed by atoms with E-state index in [1.54, 1.807) is 14.2 Å². The quantitative estimate of drug-likeness (QED) is 0.562. The molecule has 1 aliphatic heterocycles. The number of halogens is 3. The van der Waals surface area contributed by atoms with Crippen LogP contribution in [-0.4, -0.2) is 53.6 Å². The minimum Gasteiger partial charge on any atom is -0.350 e. The summed E-state index contributed by atoms with van der Waals surface area (Å²) < 4.78 is 24.1. The zero-order chi connectivity index (χ0) is 16.0. The molecule has 7 atom stereocenters. The summed E-state index contributed by atoms with van der Waals surface area (Å²) in [7, 11) is 3.14. The lowest BCUT2D eigenvalue weighted by atomic mass is 9.69. The van der Waals surface area contributed by atoms with Gasteiger partial charge in [-0.2, -0.15) is 0 Å². The van der Waals surface area contributed by atoms with Crippen molar-refractivity contribution in [3.05, 3.63) is 0 Å². The van der Waals surface area contributed by atoms with Gasteiger partial charge in [-0.15, -0.1) is 34.8 Å². The minimum absolute atomic E-state index is 0.0156. The van der Waals surface area contributed by atoms with Crippen molar-refractivity contribution in [3.63, 3.8) is 0 Å². The van der Waals surface area contributed by atoms with Gasteiger partial charge in [0.05, 0.1) is 6.10 Å². The zero-order valence-electron chi connectivity index (χ0n) is 12.9. The molecule has 4 rings (SSSR count). The van der Waals surface area contributed by atoms with E-state index in [1.165, 1.54) is 0 Å². The molecule has 1 heterocycles. The average molecular weight is 372 g/mol. The van der Waals surface area contributed by atoms with E-state index < -0.39 is 26.7 Å². The highest BCUT2D eigenvalue weighted by Gasteiger charge is 2.98. The third-order valence-corrected chi connectivity index (χ3v) is 8.54. The Labute approximate surface area is 145 Å². The molecule has 4 fully saturated rings. The molecule has 3 saturated carbocycles. The van der Waals surface area contributed by atoms with Crippen molar-refractivity contribution in [2.24, 2.45) is 11.8 Å². The Kier molecular flexibility index (Phi) is 3.43. The van der Waals surface area contributed by atoms with E-state index >= 15 is 0 Å². The number of hydrogen-bond donors (Lipinski definition) is 0. The number of methoxy groups -OCH3 is 2. The van der Waals surface area contributed by atoms with Crippen LogP contribution in [-0.2, 0) is 18.9 Å². The van der Waals surface area contributed by atoms with Gasteiger partial charge >= 0.3 is 0 Å². The molecule has 0 unspecified atom stereocenters. The van der Waals surface area contributed by atoms with E-state index in [0.29, 0.717) is 6.61 Å². The van der Waals surface area contributed by atoms with Crippen LogP contribution in [0.2, 0.25) is 0 Å². The number of alkyl halides is 3. The molecular formula is C15H21Cl3O4. The summed E-state index contributed by atoms with van der Waals surface area (Å²) in [5.41, 5.74) is 0. The lowest BCUT2D eigenvalue weighted by molar-refractivity contribution is -0.268. The molecule has 0 amide bonds. The maximum Gasteiger partial charge on any atom is 0.214 e. The van der Waals surface area contributed by atoms with Crippen molar-refractivity contribution < 1.29 is 18.9 Å². The zero-order valence-corrected chi connectivity index (χ0v) is 15.2. The van der Waals surface area contributed by atoms with Crippen LogP contribution in [0.3, 0.4) is 0 Å². The van der Waals surface area contributed by atoms with Crippen LogP contribution in [0, 0.1) is 11.8 Å². The Morgan fingerprint density at radius 2 is 1.86 bits per heavy atom. The van der Waals surface area contributed by atoms with E-state index in [9.17, 15) is 0 Å². The van der Waals surface area contributed by atoms with Gasteiger partial charge in [0, 0.05) is 26.7 Å². The standard InChI is InChI=1S/C15H21Cl3O4/c1-4-21-14-11(16)12(17)8-6-5-7-9(22-14)10(8)13(14,18)15(12,19-2)20-3/h8-11H,4-7H2,1-3H3/t8-,9+,10-,11-,12-,13+,14-/m1/s1. The third kappa shape index (κ3) is 1.24. The molecule has 7 heteroatoms. The van der Waals surface area contributed by atoms with Crippen molar-refractivity contribution in [1.82, 2.24) is 0 Å². The summed E-state index contributed by atoms with van der Waals surface area (Å²) in [5.74, 6) is -2.32. The molecule has 126 valence electrons. The second-order valence-electron chi connectivity index (χ2n) is 6.69. The summed E-state index contributed by atoms with van der Waals surface area (Å²) >= 11 is 21.2. The molecule has 2 bridgehead atoms. The van der Waals surface area contributed by atoms with Gasteiger partial charge < -0.3 is 18.9 Å². The summed E-state index contributed by atoms with van der Waals surface area (Å²) in [6.45, 7) is 2.33. The average Bonchev–Trinajstić information content (AvgIpc) is 2.91. The van der Waals surface area contributed by atoms with E-state index in [0.717, 1.165) is 19.3 Å². The van der Waals surface area contributed by atoms with Gasteiger partial charge in [-0.25, -0.2) is 0 Å². The van der Waals surface area contributed by atoms with E-state index in [2.05, 4.69) is 0 Å². The lowest BCUT2D eigenvalue weighted by Gasteiger charge is -2.44. The molecule has 0 aromatic carbocycles. The van der Waals surface area contributed by atoms with Gasteiger partial charge in [-0.1, -0.05) is 6.42 Å². The van der Waals surface area contributed by atoms with Crippen molar-refractivity contribution >= 4 is 34.8 Å². The molecular weight excluding hydrogens is 351 g/mol. The van der Waals surface area contributed by atoms with Crippen molar-refractivity contribution in [3.8, 4) is 0 Å². The van der Waals surface area contributed by atoms with Crippen LogP contribution in [0.4, 0.5) is 0 Å². The second kappa shape index (κ2) is 4.66. The normalized spacial score (nSPS) is 57.5. The SMILES string of the molecule is CCO[C@]12O[C@H]3CCC[C@@H]4[C@H]3[C@@]1(Cl)C(OC)(OC)[C@]4(Cl)[C@H]2Cl. The van der Waals surface area contributed by atoms with E-state index in [1.807, 2.05) is 6.92 Å². The van der Waals surface area contributed by atoms with Crippen LogP contribution in [0.5, 0.6) is 0 Å². The molecule has 4 nitrogen and oxygen atoms in total. The largest absolute Gasteiger partial charge is 0.350 e. The van der Waals surface area contributed by atoms with Crippen LogP contribution in [0.25, 0.3) is 0 Å². The first-order valence-corrected chi connectivity index (χ1v) is 9.04. The van der Waals surface area contributed by atoms with Gasteiger partial charge in [0.2, 0.25) is 11.6 Å². The smallest absolute Gasteiger partial charge is 0.214 e. The first-order valence-electron chi connectivity index (χ1n) is 7.85. The van der Waals surface area contributed by atoms with Crippen LogP contribution in [0.1, 0.15) is 26.2 Å². The Balaban J connectivity index is 2.01. The number of hydrogen-bond acceptors (Lipinski definition) is 4. The first-order chi connectivity index (χ1) is 10.4. The van der Waals surface area contributed by atoms with Crippen molar-refractivity contribution in [2.75, 3.05) is 20.8 Å². The first kappa shape index (κ1) is 16.2.